The lowest BCUT2D eigenvalue weighted by Crippen LogP contribution is -2.56. The highest BCUT2D eigenvalue weighted by Crippen LogP contribution is 2.08. The predicted molar refractivity (Wildman–Crippen MR) is 60.0 cm³/mol. The fourth-order valence-electron chi connectivity index (χ4n) is 1.92. The van der Waals surface area contributed by atoms with Crippen molar-refractivity contribution in [3.05, 3.63) is 18.0 Å². The Labute approximate surface area is 94.4 Å². The van der Waals surface area contributed by atoms with Gasteiger partial charge in [-0.25, -0.2) is 0 Å². The molecule has 1 amide bonds. The summed E-state index contributed by atoms with van der Waals surface area (Å²) in [7, 11) is 1.80. The molecule has 1 aliphatic rings. The van der Waals surface area contributed by atoms with Gasteiger partial charge < -0.3 is 16.0 Å². The Morgan fingerprint density at radius 2 is 2.56 bits per heavy atom. The number of aromatic nitrogens is 2. The molecule has 0 saturated carbocycles. The van der Waals surface area contributed by atoms with Crippen LogP contribution in [0.2, 0.25) is 0 Å². The first-order valence-electron chi connectivity index (χ1n) is 5.44. The first-order valence-corrected chi connectivity index (χ1v) is 5.44. The molecule has 1 unspecified atom stereocenters. The molecule has 2 rings (SSSR count). The number of carbonyl (C=O) groups is 1. The van der Waals surface area contributed by atoms with E-state index in [0.717, 1.165) is 13.1 Å². The fraction of sp³-hybridized carbons (Fsp3) is 0.600. The summed E-state index contributed by atoms with van der Waals surface area (Å²) in [6.45, 7) is 2.74. The van der Waals surface area contributed by atoms with E-state index in [0.29, 0.717) is 18.8 Å². The fourth-order valence-corrected chi connectivity index (χ4v) is 1.92. The second-order valence-corrected chi connectivity index (χ2v) is 3.97. The molecule has 3 N–H and O–H groups in total. The molecule has 2 heterocycles. The van der Waals surface area contributed by atoms with Gasteiger partial charge in [-0.1, -0.05) is 0 Å². The number of nitrogens with one attached hydrogen (secondary N) is 1. The molecule has 16 heavy (non-hydrogen) atoms. The molecule has 0 aromatic carbocycles. The van der Waals surface area contributed by atoms with Crippen LogP contribution in [0.15, 0.2) is 12.3 Å². The van der Waals surface area contributed by atoms with Crippen molar-refractivity contribution in [1.29, 1.82) is 0 Å². The topological polar surface area (TPSA) is 76.2 Å². The first kappa shape index (κ1) is 11.1. The molecule has 88 valence electrons. The van der Waals surface area contributed by atoms with Crippen molar-refractivity contribution in [3.8, 4) is 0 Å². The van der Waals surface area contributed by atoms with Crippen LogP contribution in [-0.4, -0.2) is 52.8 Å². The highest BCUT2D eigenvalue weighted by Gasteiger charge is 2.27. The summed E-state index contributed by atoms with van der Waals surface area (Å²) in [4.78, 5) is 14.0. The molecule has 1 aliphatic heterocycles. The van der Waals surface area contributed by atoms with Gasteiger partial charge in [-0.15, -0.1) is 0 Å². The van der Waals surface area contributed by atoms with Crippen molar-refractivity contribution in [2.24, 2.45) is 12.8 Å². The van der Waals surface area contributed by atoms with Crippen molar-refractivity contribution in [2.45, 2.75) is 6.04 Å². The summed E-state index contributed by atoms with van der Waals surface area (Å²) < 4.78 is 1.63. The predicted octanol–water partition coefficient (Wildman–Crippen LogP) is -1.21. The average molecular weight is 223 g/mol. The summed E-state index contributed by atoms with van der Waals surface area (Å²) in [5.41, 5.74) is 6.14. The molecule has 0 aliphatic carbocycles. The molecule has 0 spiro atoms. The zero-order chi connectivity index (χ0) is 11.5. The summed E-state index contributed by atoms with van der Waals surface area (Å²) in [5.74, 6) is -0.0300. The number of nitrogens with two attached hydrogens (primary N) is 1. The molecule has 0 bridgehead atoms. The zero-order valence-electron chi connectivity index (χ0n) is 9.39. The Morgan fingerprint density at radius 1 is 1.75 bits per heavy atom. The van der Waals surface area contributed by atoms with E-state index in [4.69, 9.17) is 5.73 Å². The van der Waals surface area contributed by atoms with Gasteiger partial charge >= 0.3 is 0 Å². The van der Waals surface area contributed by atoms with E-state index in [9.17, 15) is 4.79 Å². The normalized spacial score (nSPS) is 21.1. The first-order chi connectivity index (χ1) is 7.72. The lowest BCUT2D eigenvalue weighted by molar-refractivity contribution is 0.0638. The van der Waals surface area contributed by atoms with E-state index >= 15 is 0 Å². The highest BCUT2D eigenvalue weighted by molar-refractivity contribution is 5.92. The monoisotopic (exact) mass is 223 g/mol. The molecule has 1 fully saturated rings. The number of hydrogen-bond donors (Lipinski definition) is 2. The van der Waals surface area contributed by atoms with E-state index in [1.165, 1.54) is 0 Å². The second kappa shape index (κ2) is 4.63. The molecule has 1 atom stereocenters. The zero-order valence-corrected chi connectivity index (χ0v) is 9.39. The van der Waals surface area contributed by atoms with Gasteiger partial charge in [0.25, 0.3) is 5.91 Å². The van der Waals surface area contributed by atoms with Crippen LogP contribution in [0.4, 0.5) is 0 Å². The quantitative estimate of drug-likeness (QED) is 0.660. The molecule has 6 heteroatoms. The van der Waals surface area contributed by atoms with Gasteiger partial charge in [0.1, 0.15) is 5.69 Å². The number of hydrogen-bond acceptors (Lipinski definition) is 4. The number of piperazine rings is 1. The molecular weight excluding hydrogens is 206 g/mol. The van der Waals surface area contributed by atoms with Crippen LogP contribution in [0.25, 0.3) is 0 Å². The maximum atomic E-state index is 12.1. The summed E-state index contributed by atoms with van der Waals surface area (Å²) in [5, 5.41) is 7.35. The van der Waals surface area contributed by atoms with E-state index in [1.807, 2.05) is 0 Å². The SMILES string of the molecule is Cn1ccc(C(=O)N2CCNCC2CN)n1. The van der Waals surface area contributed by atoms with E-state index in [1.54, 1.807) is 28.9 Å². The van der Waals surface area contributed by atoms with Crippen molar-refractivity contribution in [2.75, 3.05) is 26.2 Å². The number of amides is 1. The van der Waals surface area contributed by atoms with Gasteiger partial charge in [0, 0.05) is 39.4 Å². The van der Waals surface area contributed by atoms with Gasteiger partial charge in [-0.05, 0) is 6.07 Å². The smallest absolute Gasteiger partial charge is 0.274 e. The number of carbonyl (C=O) groups excluding carboxylic acids is 1. The van der Waals surface area contributed by atoms with Crippen LogP contribution in [0.3, 0.4) is 0 Å². The third kappa shape index (κ3) is 2.07. The minimum absolute atomic E-state index is 0.0300. The average Bonchev–Trinajstić information content (AvgIpc) is 2.75. The Balaban J connectivity index is 2.13. The maximum absolute atomic E-state index is 12.1. The van der Waals surface area contributed by atoms with Crippen LogP contribution >= 0.6 is 0 Å². The summed E-state index contributed by atoms with van der Waals surface area (Å²) in [6, 6.07) is 1.81. The third-order valence-corrected chi connectivity index (χ3v) is 2.82. The molecular formula is C10H17N5O. The van der Waals surface area contributed by atoms with Crippen molar-refractivity contribution < 1.29 is 4.79 Å². The van der Waals surface area contributed by atoms with Crippen LogP contribution in [0.1, 0.15) is 10.5 Å². The standard InChI is InChI=1S/C10H17N5O/c1-14-4-2-9(13-14)10(16)15-5-3-12-7-8(15)6-11/h2,4,8,12H,3,5-7,11H2,1H3. The van der Waals surface area contributed by atoms with Crippen LogP contribution in [0, 0.1) is 0 Å². The van der Waals surface area contributed by atoms with E-state index in [-0.39, 0.29) is 11.9 Å². The lowest BCUT2D eigenvalue weighted by atomic mass is 10.2. The Kier molecular flexibility index (Phi) is 3.21. The molecule has 1 saturated heterocycles. The number of aryl methyl sites for hydroxylation is 1. The second-order valence-electron chi connectivity index (χ2n) is 3.97. The minimum atomic E-state index is -0.0300. The van der Waals surface area contributed by atoms with Crippen LogP contribution in [-0.2, 0) is 7.05 Å². The molecule has 6 nitrogen and oxygen atoms in total. The van der Waals surface area contributed by atoms with E-state index < -0.39 is 0 Å². The van der Waals surface area contributed by atoms with Gasteiger partial charge in [0.15, 0.2) is 0 Å². The maximum Gasteiger partial charge on any atom is 0.274 e. The summed E-state index contributed by atoms with van der Waals surface area (Å²) in [6.07, 6.45) is 1.77. The Bertz CT molecular complexity index is 375. The van der Waals surface area contributed by atoms with Crippen LogP contribution < -0.4 is 11.1 Å². The molecule has 1 aromatic heterocycles. The largest absolute Gasteiger partial charge is 0.330 e. The highest BCUT2D eigenvalue weighted by atomic mass is 16.2. The molecule has 1 aromatic rings. The Hall–Kier alpha value is -1.40. The van der Waals surface area contributed by atoms with Crippen molar-refractivity contribution in [3.63, 3.8) is 0 Å². The lowest BCUT2D eigenvalue weighted by Gasteiger charge is -2.35. The molecule has 0 radical (unpaired) electrons. The van der Waals surface area contributed by atoms with Gasteiger partial charge in [-0.3, -0.25) is 9.48 Å². The van der Waals surface area contributed by atoms with E-state index in [2.05, 4.69) is 10.4 Å². The number of nitrogens with zero attached hydrogens (tertiary/aromatic N) is 3. The van der Waals surface area contributed by atoms with Gasteiger partial charge in [0.05, 0.1) is 6.04 Å². The van der Waals surface area contributed by atoms with Gasteiger partial charge in [-0.2, -0.15) is 5.10 Å². The third-order valence-electron chi connectivity index (χ3n) is 2.82. The number of rotatable bonds is 2. The van der Waals surface area contributed by atoms with Crippen molar-refractivity contribution >= 4 is 5.91 Å². The van der Waals surface area contributed by atoms with Crippen molar-refractivity contribution in [1.82, 2.24) is 20.0 Å². The Morgan fingerprint density at radius 3 is 3.19 bits per heavy atom. The summed E-state index contributed by atoms with van der Waals surface area (Å²) >= 11 is 0. The van der Waals surface area contributed by atoms with Gasteiger partial charge in [0.2, 0.25) is 0 Å². The minimum Gasteiger partial charge on any atom is -0.330 e. The van der Waals surface area contributed by atoms with Crippen LogP contribution in [0.5, 0.6) is 0 Å².